The second-order valence-electron chi connectivity index (χ2n) is 4.42. The number of nitriles is 1. The molecule has 5 nitrogen and oxygen atoms in total. The van der Waals surface area contributed by atoms with Crippen LogP contribution in [0.2, 0.25) is 0 Å². The summed E-state index contributed by atoms with van der Waals surface area (Å²) < 4.78 is 26.0. The van der Waals surface area contributed by atoms with Gasteiger partial charge in [0.15, 0.2) is 0 Å². The number of carbonyl (C=O) groups is 1. The largest absolute Gasteiger partial charge is 0.300 e. The van der Waals surface area contributed by atoms with E-state index in [0.717, 1.165) is 5.56 Å². The van der Waals surface area contributed by atoms with Gasteiger partial charge in [0.1, 0.15) is 5.78 Å². The van der Waals surface area contributed by atoms with Crippen molar-refractivity contribution in [2.24, 2.45) is 0 Å². The van der Waals surface area contributed by atoms with Crippen LogP contribution in [0.4, 0.5) is 0 Å². The molecule has 1 heterocycles. The van der Waals surface area contributed by atoms with Gasteiger partial charge in [0, 0.05) is 25.9 Å². The van der Waals surface area contributed by atoms with Crippen LogP contribution >= 0.6 is 0 Å². The fraction of sp³-hybridized carbons (Fsp3) is 0.385. The molecule has 0 aromatic heterocycles. The summed E-state index contributed by atoms with van der Waals surface area (Å²) in [6.45, 7) is 0.502. The summed E-state index contributed by atoms with van der Waals surface area (Å²) in [5.41, 5.74) is 0.787. The molecule has 19 heavy (non-hydrogen) atoms. The SMILES string of the molecule is N#CCc1ccc(S(=O)(=O)N2CCC(=O)CC2)cc1. The molecule has 6 heteroatoms. The van der Waals surface area contributed by atoms with E-state index in [0.29, 0.717) is 0 Å². The topological polar surface area (TPSA) is 78.2 Å². The molecule has 100 valence electrons. The van der Waals surface area contributed by atoms with Gasteiger partial charge in [-0.15, -0.1) is 0 Å². The maximum atomic E-state index is 12.3. The van der Waals surface area contributed by atoms with Crippen molar-refractivity contribution in [3.63, 3.8) is 0 Å². The highest BCUT2D eigenvalue weighted by Crippen LogP contribution is 2.19. The molecule has 2 rings (SSSR count). The molecule has 0 radical (unpaired) electrons. The van der Waals surface area contributed by atoms with Crippen LogP contribution in [0.1, 0.15) is 18.4 Å². The molecule has 0 bridgehead atoms. The van der Waals surface area contributed by atoms with Crippen LogP contribution in [-0.2, 0) is 21.2 Å². The van der Waals surface area contributed by atoms with Crippen LogP contribution < -0.4 is 0 Å². The summed E-state index contributed by atoms with van der Waals surface area (Å²) in [4.78, 5) is 11.3. The minimum Gasteiger partial charge on any atom is -0.300 e. The van der Waals surface area contributed by atoms with Gasteiger partial charge in [-0.2, -0.15) is 9.57 Å². The van der Waals surface area contributed by atoms with Crippen molar-refractivity contribution in [2.45, 2.75) is 24.2 Å². The van der Waals surface area contributed by atoms with Crippen LogP contribution in [0, 0.1) is 11.3 Å². The highest BCUT2D eigenvalue weighted by molar-refractivity contribution is 7.89. The fourth-order valence-corrected chi connectivity index (χ4v) is 3.44. The number of benzene rings is 1. The first-order valence-electron chi connectivity index (χ1n) is 6.02. The average molecular weight is 278 g/mol. The number of ketones is 1. The molecule has 0 atom stereocenters. The lowest BCUT2D eigenvalue weighted by molar-refractivity contribution is -0.120. The van der Waals surface area contributed by atoms with E-state index in [9.17, 15) is 13.2 Å². The lowest BCUT2D eigenvalue weighted by atomic mass is 10.1. The van der Waals surface area contributed by atoms with Crippen molar-refractivity contribution in [3.05, 3.63) is 29.8 Å². The van der Waals surface area contributed by atoms with Gasteiger partial charge in [0.2, 0.25) is 10.0 Å². The van der Waals surface area contributed by atoms with Crippen molar-refractivity contribution in [2.75, 3.05) is 13.1 Å². The van der Waals surface area contributed by atoms with E-state index < -0.39 is 10.0 Å². The molecule has 1 aliphatic rings. The maximum absolute atomic E-state index is 12.3. The Hall–Kier alpha value is -1.71. The van der Waals surface area contributed by atoms with Gasteiger partial charge in [-0.05, 0) is 17.7 Å². The Morgan fingerprint density at radius 3 is 2.26 bits per heavy atom. The van der Waals surface area contributed by atoms with E-state index in [2.05, 4.69) is 0 Å². The van der Waals surface area contributed by atoms with Crippen molar-refractivity contribution in [1.82, 2.24) is 4.31 Å². The van der Waals surface area contributed by atoms with Crippen molar-refractivity contribution >= 4 is 15.8 Å². The van der Waals surface area contributed by atoms with Crippen molar-refractivity contribution < 1.29 is 13.2 Å². The third-order valence-electron chi connectivity index (χ3n) is 3.12. The van der Waals surface area contributed by atoms with Gasteiger partial charge in [0.05, 0.1) is 17.4 Å². The monoisotopic (exact) mass is 278 g/mol. The smallest absolute Gasteiger partial charge is 0.243 e. The number of hydrogen-bond donors (Lipinski definition) is 0. The summed E-state index contributed by atoms with van der Waals surface area (Å²) in [6.07, 6.45) is 0.829. The normalized spacial score (nSPS) is 17.1. The van der Waals surface area contributed by atoms with E-state index in [1.807, 2.05) is 6.07 Å². The zero-order valence-corrected chi connectivity index (χ0v) is 11.2. The van der Waals surface area contributed by atoms with E-state index >= 15 is 0 Å². The Kier molecular flexibility index (Phi) is 3.98. The van der Waals surface area contributed by atoms with Crippen LogP contribution in [0.5, 0.6) is 0 Å². The van der Waals surface area contributed by atoms with Gasteiger partial charge in [-0.3, -0.25) is 4.79 Å². The van der Waals surface area contributed by atoms with Crippen molar-refractivity contribution in [1.29, 1.82) is 5.26 Å². The van der Waals surface area contributed by atoms with Gasteiger partial charge in [-0.25, -0.2) is 8.42 Å². The highest BCUT2D eigenvalue weighted by atomic mass is 32.2. The number of Topliss-reactive ketones (excluding diaryl/α,β-unsaturated/α-hetero) is 1. The van der Waals surface area contributed by atoms with Crippen LogP contribution in [0.25, 0.3) is 0 Å². The predicted molar refractivity (Wildman–Crippen MR) is 68.8 cm³/mol. The summed E-state index contributed by atoms with van der Waals surface area (Å²) in [6, 6.07) is 8.33. The number of carbonyl (C=O) groups excluding carboxylic acids is 1. The Bertz CT molecular complexity index is 604. The van der Waals surface area contributed by atoms with E-state index in [1.54, 1.807) is 12.1 Å². The van der Waals surface area contributed by atoms with Gasteiger partial charge in [-0.1, -0.05) is 12.1 Å². The second-order valence-corrected chi connectivity index (χ2v) is 6.36. The summed E-state index contributed by atoms with van der Waals surface area (Å²) in [7, 11) is -3.52. The summed E-state index contributed by atoms with van der Waals surface area (Å²) in [5.74, 6) is 0.107. The van der Waals surface area contributed by atoms with Gasteiger partial charge >= 0.3 is 0 Å². The molecule has 0 spiro atoms. The van der Waals surface area contributed by atoms with Crippen molar-refractivity contribution in [3.8, 4) is 6.07 Å². The lowest BCUT2D eigenvalue weighted by Crippen LogP contribution is -2.38. The average Bonchev–Trinajstić information content (AvgIpc) is 2.40. The third-order valence-corrected chi connectivity index (χ3v) is 5.04. The lowest BCUT2D eigenvalue weighted by Gasteiger charge is -2.25. The number of piperidine rings is 1. The van der Waals surface area contributed by atoms with Crippen LogP contribution in [0.15, 0.2) is 29.2 Å². The molecule has 1 fully saturated rings. The Morgan fingerprint density at radius 1 is 1.16 bits per heavy atom. The second kappa shape index (κ2) is 5.51. The first kappa shape index (κ1) is 13.7. The highest BCUT2D eigenvalue weighted by Gasteiger charge is 2.28. The molecular formula is C13H14N2O3S. The zero-order valence-electron chi connectivity index (χ0n) is 10.4. The number of rotatable bonds is 3. The molecule has 0 amide bonds. The number of hydrogen-bond acceptors (Lipinski definition) is 4. The van der Waals surface area contributed by atoms with E-state index in [-0.39, 0.29) is 43.0 Å². The molecule has 1 saturated heterocycles. The standard InChI is InChI=1S/C13H14N2O3S/c14-8-5-11-1-3-13(4-2-11)19(17,18)15-9-6-12(16)7-10-15/h1-4H,5-7,9-10H2. The number of sulfonamides is 1. The molecular weight excluding hydrogens is 264 g/mol. The minimum absolute atomic E-state index is 0.107. The van der Waals surface area contributed by atoms with E-state index in [1.165, 1.54) is 16.4 Å². The van der Waals surface area contributed by atoms with E-state index in [4.69, 9.17) is 5.26 Å². The molecule has 1 aromatic rings. The van der Waals surface area contributed by atoms with Gasteiger partial charge < -0.3 is 0 Å². The van der Waals surface area contributed by atoms with Gasteiger partial charge in [0.25, 0.3) is 0 Å². The molecule has 0 unspecified atom stereocenters. The predicted octanol–water partition coefficient (Wildman–Crippen LogP) is 1.11. The molecule has 1 aromatic carbocycles. The fourth-order valence-electron chi connectivity index (χ4n) is 2.00. The summed E-state index contributed by atoms with van der Waals surface area (Å²) in [5, 5.41) is 8.57. The summed E-state index contributed by atoms with van der Waals surface area (Å²) >= 11 is 0. The minimum atomic E-state index is -3.52. The van der Waals surface area contributed by atoms with Crippen LogP contribution in [0.3, 0.4) is 0 Å². The molecule has 0 saturated carbocycles. The van der Waals surface area contributed by atoms with Crippen LogP contribution in [-0.4, -0.2) is 31.6 Å². The first-order valence-corrected chi connectivity index (χ1v) is 7.46. The Morgan fingerprint density at radius 2 is 1.74 bits per heavy atom. The molecule has 1 aliphatic heterocycles. The molecule has 0 aliphatic carbocycles. The number of nitrogens with zero attached hydrogens (tertiary/aromatic N) is 2. The molecule has 0 N–H and O–H groups in total. The zero-order chi connectivity index (χ0) is 13.9. The quantitative estimate of drug-likeness (QED) is 0.829. The maximum Gasteiger partial charge on any atom is 0.243 e. The Labute approximate surface area is 112 Å². The first-order chi connectivity index (χ1) is 9.04. The third kappa shape index (κ3) is 3.00. The Balaban J connectivity index is 2.20.